The van der Waals surface area contributed by atoms with E-state index in [2.05, 4.69) is 102 Å². The van der Waals surface area contributed by atoms with Gasteiger partial charge in [-0.2, -0.15) is 5.10 Å². The fraction of sp³-hybridized carbons (Fsp3) is 0.211. The second-order valence-electron chi connectivity index (χ2n) is 5.82. The van der Waals surface area contributed by atoms with E-state index in [-0.39, 0.29) is 0 Å². The number of nitrogens with zero attached hydrogens (tertiary/aromatic N) is 4. The topological polar surface area (TPSA) is 43.1 Å². The predicted molar refractivity (Wildman–Crippen MR) is 111 cm³/mol. The third kappa shape index (κ3) is 6.15. The number of hydrogen-bond acceptors (Lipinski definition) is 3. The molecule has 0 unspecified atom stereocenters. The van der Waals surface area contributed by atoms with Crippen molar-refractivity contribution in [3.8, 4) is 0 Å². The van der Waals surface area contributed by atoms with Crippen molar-refractivity contribution in [2.75, 3.05) is 0 Å². The van der Waals surface area contributed by atoms with Crippen LogP contribution < -0.4 is 0 Å². The van der Waals surface area contributed by atoms with Crippen molar-refractivity contribution in [1.29, 1.82) is 0 Å². The molecule has 0 aliphatic carbocycles. The molecule has 0 amide bonds. The summed E-state index contributed by atoms with van der Waals surface area (Å²) in [4.78, 5) is 8.95. The molecule has 0 aliphatic heterocycles. The summed E-state index contributed by atoms with van der Waals surface area (Å²) in [7, 11) is 1.25. The Morgan fingerprint density at radius 2 is 1.65 bits per heavy atom. The van der Waals surface area contributed by atoms with E-state index < -0.39 is 0 Å². The van der Waals surface area contributed by atoms with Crippen molar-refractivity contribution in [3.05, 3.63) is 77.4 Å². The zero-order valence-corrected chi connectivity index (χ0v) is 18.9. The average molecular weight is 523 g/mol. The van der Waals surface area contributed by atoms with Gasteiger partial charge < -0.3 is 0 Å². The van der Waals surface area contributed by atoms with Gasteiger partial charge in [0.05, 0.1) is 5.69 Å². The quantitative estimate of drug-likeness (QED) is 0.251. The van der Waals surface area contributed by atoms with E-state index in [1.807, 2.05) is 0 Å². The van der Waals surface area contributed by atoms with E-state index in [0.29, 0.717) is 6.42 Å². The predicted octanol–water partition coefficient (Wildman–Crippen LogP) is 5.71. The normalized spacial score (nSPS) is 11.2. The molecule has 0 radical (unpaired) electrons. The van der Waals surface area contributed by atoms with Crippen LogP contribution in [0.5, 0.6) is 0 Å². The third-order valence-electron chi connectivity index (χ3n) is 3.85. The number of aliphatic imine (C=N–C) groups is 1. The van der Waals surface area contributed by atoms with Crippen LogP contribution in [0.3, 0.4) is 0 Å². The van der Waals surface area contributed by atoms with Gasteiger partial charge in [-0.15, -0.1) is 0 Å². The van der Waals surface area contributed by atoms with Crippen LogP contribution in [0.4, 0.5) is 5.69 Å². The van der Waals surface area contributed by atoms with Gasteiger partial charge in [-0.1, -0.05) is 48.0 Å². The molecular formula is C19H20Br2N4Ni. The van der Waals surface area contributed by atoms with E-state index >= 15 is 0 Å². The fourth-order valence-corrected chi connectivity index (χ4v) is 2.51. The first-order valence-corrected chi connectivity index (χ1v) is 12.8. The van der Waals surface area contributed by atoms with E-state index in [1.54, 1.807) is 11.0 Å². The molecule has 140 valence electrons. The summed E-state index contributed by atoms with van der Waals surface area (Å²) in [6.45, 7) is 6.25. The Labute approximate surface area is 174 Å². The molecule has 0 aliphatic rings. The molecule has 0 N–H and O–H groups in total. The van der Waals surface area contributed by atoms with Crippen molar-refractivity contribution in [2.24, 2.45) is 4.99 Å². The standard InChI is InChI=1S/C19H20N4.2BrH.Ni/c1-14-7-9-17(10-8-14)11-18(23-13-20-12-21-23)22-19-15(2)5-4-6-16(19)3;;;/h4-10,12-13H,11H2,1-3H3;2*1H;/q;;;+2/p-2. The maximum atomic E-state index is 4.89. The molecule has 0 fully saturated rings. The minimum absolute atomic E-state index is 0.706. The van der Waals surface area contributed by atoms with Crippen LogP contribution in [-0.2, 0) is 17.3 Å². The van der Waals surface area contributed by atoms with E-state index in [9.17, 15) is 0 Å². The van der Waals surface area contributed by atoms with Crippen molar-refractivity contribution in [1.82, 2.24) is 14.8 Å². The summed E-state index contributed by atoms with van der Waals surface area (Å²) in [5.74, 6) is 0.865. The van der Waals surface area contributed by atoms with Crippen LogP contribution in [0, 0.1) is 20.8 Å². The van der Waals surface area contributed by atoms with Crippen LogP contribution in [0.1, 0.15) is 22.3 Å². The second kappa shape index (κ2) is 10.8. The number of aromatic nitrogens is 3. The van der Waals surface area contributed by atoms with Gasteiger partial charge in [-0.05, 0) is 37.5 Å². The molecule has 0 saturated heterocycles. The molecule has 0 spiro atoms. The Kier molecular flexibility index (Phi) is 8.69. The molecular weight excluding hydrogens is 503 g/mol. The van der Waals surface area contributed by atoms with Crippen LogP contribution in [0.2, 0.25) is 0 Å². The van der Waals surface area contributed by atoms with Gasteiger partial charge in [0.2, 0.25) is 0 Å². The first-order chi connectivity index (χ1) is 12.5. The van der Waals surface area contributed by atoms with Crippen LogP contribution in [-0.4, -0.2) is 20.6 Å². The average Bonchev–Trinajstić information content (AvgIpc) is 3.14. The van der Waals surface area contributed by atoms with Gasteiger partial charge in [0.15, 0.2) is 0 Å². The zero-order chi connectivity index (χ0) is 18.9. The molecule has 1 heterocycles. The van der Waals surface area contributed by atoms with Gasteiger partial charge in [0.25, 0.3) is 0 Å². The number of hydrogen-bond donors (Lipinski definition) is 0. The Balaban J connectivity index is 0.000000758. The van der Waals surface area contributed by atoms with E-state index in [1.165, 1.54) is 28.4 Å². The monoisotopic (exact) mass is 520 g/mol. The maximum absolute atomic E-state index is 4.89. The summed E-state index contributed by atoms with van der Waals surface area (Å²) in [5.41, 5.74) is 5.78. The van der Waals surface area contributed by atoms with Gasteiger partial charge in [0, 0.05) is 6.42 Å². The van der Waals surface area contributed by atoms with E-state index in [0.717, 1.165) is 22.6 Å². The Morgan fingerprint density at radius 3 is 2.19 bits per heavy atom. The van der Waals surface area contributed by atoms with Crippen LogP contribution in [0.25, 0.3) is 0 Å². The summed E-state index contributed by atoms with van der Waals surface area (Å²) in [6.07, 6.45) is 3.94. The van der Waals surface area contributed by atoms with Crippen molar-refractivity contribution in [3.63, 3.8) is 0 Å². The van der Waals surface area contributed by atoms with Crippen LogP contribution in [0.15, 0.2) is 60.1 Å². The molecule has 2 aromatic carbocycles. The number of para-hydroxylation sites is 1. The van der Waals surface area contributed by atoms with Gasteiger partial charge in [0.1, 0.15) is 18.5 Å². The molecule has 1 aromatic heterocycles. The molecule has 3 rings (SSSR count). The molecule has 26 heavy (non-hydrogen) atoms. The number of benzene rings is 2. The van der Waals surface area contributed by atoms with Crippen molar-refractivity contribution in [2.45, 2.75) is 27.2 Å². The minimum atomic E-state index is 0.706. The SMILES string of the molecule is Cc1ccc(CC(=Nc2c(C)cccc2C)n2cncn2)cc1.[Br][Ni][Br]. The number of halogens is 2. The molecule has 4 nitrogen and oxygen atoms in total. The Morgan fingerprint density at radius 1 is 1.04 bits per heavy atom. The number of aryl methyl sites for hydroxylation is 3. The summed E-state index contributed by atoms with van der Waals surface area (Å²) >= 11 is 6.00. The molecule has 7 heteroatoms. The Bertz CT molecular complexity index is 826. The number of rotatable bonds is 3. The first kappa shape index (κ1) is 21.0. The van der Waals surface area contributed by atoms with E-state index in [4.69, 9.17) is 4.99 Å². The first-order valence-electron chi connectivity index (χ1n) is 7.92. The summed E-state index contributed by atoms with van der Waals surface area (Å²) < 4.78 is 1.74. The van der Waals surface area contributed by atoms with Gasteiger partial charge in [-0.25, -0.2) is 14.7 Å². The third-order valence-corrected chi connectivity index (χ3v) is 3.85. The van der Waals surface area contributed by atoms with Gasteiger partial charge in [-0.3, -0.25) is 0 Å². The zero-order valence-electron chi connectivity index (χ0n) is 14.8. The molecule has 0 saturated carbocycles. The molecule has 3 aromatic rings. The molecule has 0 bridgehead atoms. The Hall–Kier alpha value is -1.30. The van der Waals surface area contributed by atoms with Crippen molar-refractivity contribution < 1.29 is 10.9 Å². The summed E-state index contributed by atoms with van der Waals surface area (Å²) in [5, 5.41) is 4.26. The second-order valence-corrected chi connectivity index (χ2v) is 10.8. The molecule has 0 atom stereocenters. The van der Waals surface area contributed by atoms with Crippen LogP contribution >= 0.6 is 28.5 Å². The summed E-state index contributed by atoms with van der Waals surface area (Å²) in [6, 6.07) is 14.7. The van der Waals surface area contributed by atoms with Crippen molar-refractivity contribution >= 4 is 40.0 Å². The van der Waals surface area contributed by atoms with Gasteiger partial charge >= 0.3 is 39.3 Å². The fourth-order valence-electron chi connectivity index (χ4n) is 2.51.